The lowest BCUT2D eigenvalue weighted by molar-refractivity contribution is 0.269. The van der Waals surface area contributed by atoms with Crippen molar-refractivity contribution in [3.05, 3.63) is 36.7 Å². The summed E-state index contributed by atoms with van der Waals surface area (Å²) in [6, 6.07) is 5.67. The van der Waals surface area contributed by atoms with Crippen LogP contribution in [0, 0.1) is 5.92 Å². The van der Waals surface area contributed by atoms with Crippen LogP contribution in [0.3, 0.4) is 0 Å². The van der Waals surface area contributed by atoms with E-state index < -0.39 is 0 Å². The van der Waals surface area contributed by atoms with Gasteiger partial charge in [-0.1, -0.05) is 26.3 Å². The standard InChI is InChI=1S/C16H21N7O/c1-3-12(2)9-14-20-16(23(21-14)7-8-24)13-5-4-6-15(19-13)22-10-17-18-11-22/h4-6,10-12,24H,3,7-9H2,1-2H3. The highest BCUT2D eigenvalue weighted by molar-refractivity contribution is 5.51. The van der Waals surface area contributed by atoms with E-state index in [1.54, 1.807) is 21.9 Å². The first kappa shape index (κ1) is 16.3. The van der Waals surface area contributed by atoms with Gasteiger partial charge < -0.3 is 5.11 Å². The molecular formula is C16H21N7O. The van der Waals surface area contributed by atoms with E-state index >= 15 is 0 Å². The molecule has 1 unspecified atom stereocenters. The second kappa shape index (κ2) is 7.31. The molecule has 0 aromatic carbocycles. The van der Waals surface area contributed by atoms with E-state index in [-0.39, 0.29) is 6.61 Å². The van der Waals surface area contributed by atoms with Gasteiger partial charge in [0.2, 0.25) is 0 Å². The molecule has 0 aliphatic heterocycles. The van der Waals surface area contributed by atoms with Crippen molar-refractivity contribution in [1.29, 1.82) is 0 Å². The maximum absolute atomic E-state index is 9.30. The maximum Gasteiger partial charge on any atom is 0.177 e. The fourth-order valence-electron chi connectivity index (χ4n) is 2.38. The molecule has 0 amide bonds. The highest BCUT2D eigenvalue weighted by atomic mass is 16.3. The highest BCUT2D eigenvalue weighted by Crippen LogP contribution is 2.18. The quantitative estimate of drug-likeness (QED) is 0.707. The van der Waals surface area contributed by atoms with E-state index in [9.17, 15) is 5.11 Å². The average molecular weight is 327 g/mol. The van der Waals surface area contributed by atoms with Gasteiger partial charge in [-0.05, 0) is 18.1 Å². The molecule has 0 saturated carbocycles. The lowest BCUT2D eigenvalue weighted by Crippen LogP contribution is -2.08. The van der Waals surface area contributed by atoms with Crippen molar-refractivity contribution in [2.24, 2.45) is 5.92 Å². The lowest BCUT2D eigenvalue weighted by atomic mass is 10.1. The molecule has 126 valence electrons. The normalized spacial score (nSPS) is 12.5. The molecule has 3 aromatic heterocycles. The largest absolute Gasteiger partial charge is 0.394 e. The number of pyridine rings is 1. The number of hydrogen-bond acceptors (Lipinski definition) is 6. The summed E-state index contributed by atoms with van der Waals surface area (Å²) >= 11 is 0. The second-order valence-corrected chi connectivity index (χ2v) is 5.77. The van der Waals surface area contributed by atoms with E-state index in [1.165, 1.54) is 0 Å². The Labute approximate surface area is 140 Å². The van der Waals surface area contributed by atoms with Crippen LogP contribution in [-0.4, -0.2) is 46.2 Å². The summed E-state index contributed by atoms with van der Waals surface area (Å²) in [6.45, 7) is 4.73. The van der Waals surface area contributed by atoms with Gasteiger partial charge in [-0.2, -0.15) is 5.10 Å². The van der Waals surface area contributed by atoms with Gasteiger partial charge in [-0.15, -0.1) is 10.2 Å². The van der Waals surface area contributed by atoms with Crippen LogP contribution in [-0.2, 0) is 13.0 Å². The molecule has 8 nitrogen and oxygen atoms in total. The summed E-state index contributed by atoms with van der Waals surface area (Å²) in [7, 11) is 0. The summed E-state index contributed by atoms with van der Waals surface area (Å²) in [4.78, 5) is 9.27. The molecular weight excluding hydrogens is 306 g/mol. The topological polar surface area (TPSA) is 94.5 Å². The van der Waals surface area contributed by atoms with Gasteiger partial charge >= 0.3 is 0 Å². The summed E-state index contributed by atoms with van der Waals surface area (Å²) in [5, 5.41) is 21.4. The van der Waals surface area contributed by atoms with Gasteiger partial charge in [-0.3, -0.25) is 4.57 Å². The minimum absolute atomic E-state index is 0.00423. The van der Waals surface area contributed by atoms with Crippen LogP contribution in [0.4, 0.5) is 0 Å². The maximum atomic E-state index is 9.30. The molecule has 1 N–H and O–H groups in total. The van der Waals surface area contributed by atoms with E-state index in [1.807, 2.05) is 18.2 Å². The Morgan fingerprint density at radius 3 is 2.67 bits per heavy atom. The zero-order valence-electron chi connectivity index (χ0n) is 13.9. The molecule has 0 aliphatic carbocycles. The SMILES string of the molecule is CCC(C)Cc1nc(-c2cccc(-n3cnnc3)n2)n(CCO)n1. The van der Waals surface area contributed by atoms with Crippen molar-refractivity contribution in [2.75, 3.05) is 6.61 Å². The lowest BCUT2D eigenvalue weighted by Gasteiger charge is -2.05. The molecule has 1 atom stereocenters. The monoisotopic (exact) mass is 327 g/mol. The number of aromatic nitrogens is 7. The Morgan fingerprint density at radius 2 is 1.96 bits per heavy atom. The highest BCUT2D eigenvalue weighted by Gasteiger charge is 2.15. The second-order valence-electron chi connectivity index (χ2n) is 5.77. The molecule has 0 radical (unpaired) electrons. The van der Waals surface area contributed by atoms with Crippen molar-refractivity contribution in [3.8, 4) is 17.3 Å². The van der Waals surface area contributed by atoms with Crippen molar-refractivity contribution >= 4 is 0 Å². The number of aliphatic hydroxyl groups is 1. The molecule has 3 heterocycles. The molecule has 0 aliphatic rings. The predicted molar refractivity (Wildman–Crippen MR) is 88.4 cm³/mol. The summed E-state index contributed by atoms with van der Waals surface area (Å²) in [6.07, 6.45) is 5.08. The number of rotatable bonds is 7. The van der Waals surface area contributed by atoms with Gasteiger partial charge in [0, 0.05) is 6.42 Å². The zero-order chi connectivity index (χ0) is 16.9. The van der Waals surface area contributed by atoms with Crippen LogP contribution in [0.25, 0.3) is 17.3 Å². The molecule has 0 spiro atoms. The van der Waals surface area contributed by atoms with Crippen LogP contribution in [0.2, 0.25) is 0 Å². The van der Waals surface area contributed by atoms with Crippen LogP contribution >= 0.6 is 0 Å². The molecule has 24 heavy (non-hydrogen) atoms. The van der Waals surface area contributed by atoms with Crippen molar-refractivity contribution in [2.45, 2.75) is 33.2 Å². The van der Waals surface area contributed by atoms with E-state index in [0.717, 1.165) is 18.7 Å². The van der Waals surface area contributed by atoms with Crippen LogP contribution < -0.4 is 0 Å². The number of nitrogens with zero attached hydrogens (tertiary/aromatic N) is 7. The van der Waals surface area contributed by atoms with Crippen molar-refractivity contribution < 1.29 is 5.11 Å². The number of hydrogen-bond donors (Lipinski definition) is 1. The van der Waals surface area contributed by atoms with E-state index in [4.69, 9.17) is 0 Å². The fraction of sp³-hybridized carbons (Fsp3) is 0.438. The van der Waals surface area contributed by atoms with E-state index in [0.29, 0.717) is 29.8 Å². The van der Waals surface area contributed by atoms with Gasteiger partial charge in [0.25, 0.3) is 0 Å². The third-order valence-electron chi connectivity index (χ3n) is 3.90. The Kier molecular flexibility index (Phi) is 4.95. The minimum Gasteiger partial charge on any atom is -0.394 e. The van der Waals surface area contributed by atoms with Crippen LogP contribution in [0.5, 0.6) is 0 Å². The van der Waals surface area contributed by atoms with Gasteiger partial charge in [-0.25, -0.2) is 14.6 Å². The Balaban J connectivity index is 1.97. The minimum atomic E-state index is 0.00423. The first-order chi connectivity index (χ1) is 11.7. The molecule has 3 rings (SSSR count). The van der Waals surface area contributed by atoms with Crippen molar-refractivity contribution in [1.82, 2.24) is 34.5 Å². The summed E-state index contributed by atoms with van der Waals surface area (Å²) in [5.41, 5.74) is 0.706. The predicted octanol–water partition coefficient (Wildman–Crippen LogP) is 1.50. The van der Waals surface area contributed by atoms with Crippen molar-refractivity contribution in [3.63, 3.8) is 0 Å². The third kappa shape index (κ3) is 3.48. The summed E-state index contributed by atoms with van der Waals surface area (Å²) < 4.78 is 3.45. The van der Waals surface area contributed by atoms with Gasteiger partial charge in [0.05, 0.1) is 13.2 Å². The fourth-order valence-corrected chi connectivity index (χ4v) is 2.38. The van der Waals surface area contributed by atoms with E-state index in [2.05, 4.69) is 39.1 Å². The molecule has 3 aromatic rings. The molecule has 0 bridgehead atoms. The zero-order valence-corrected chi connectivity index (χ0v) is 13.9. The smallest absolute Gasteiger partial charge is 0.177 e. The average Bonchev–Trinajstić information content (AvgIpc) is 3.25. The van der Waals surface area contributed by atoms with Crippen LogP contribution in [0.1, 0.15) is 26.1 Å². The Hall–Kier alpha value is -2.61. The number of aliphatic hydroxyl groups excluding tert-OH is 1. The van der Waals surface area contributed by atoms with Crippen LogP contribution in [0.15, 0.2) is 30.9 Å². The molecule has 0 fully saturated rings. The Morgan fingerprint density at radius 1 is 1.17 bits per heavy atom. The molecule has 0 saturated heterocycles. The summed E-state index contributed by atoms with van der Waals surface area (Å²) in [5.74, 6) is 2.67. The third-order valence-corrected chi connectivity index (χ3v) is 3.90. The Bertz CT molecular complexity index is 782. The van der Waals surface area contributed by atoms with Gasteiger partial charge in [0.1, 0.15) is 24.2 Å². The van der Waals surface area contributed by atoms with Gasteiger partial charge in [0.15, 0.2) is 11.6 Å². The molecule has 8 heteroatoms. The first-order valence-corrected chi connectivity index (χ1v) is 8.08. The first-order valence-electron chi connectivity index (χ1n) is 8.08.